The van der Waals surface area contributed by atoms with Gasteiger partial charge in [-0.05, 0) is 139 Å². The Kier molecular flexibility index (Phi) is 6.79. The maximum atomic E-state index is 6.56. The highest BCUT2D eigenvalue weighted by Crippen LogP contribution is 2.44. The van der Waals surface area contributed by atoms with Gasteiger partial charge in [0, 0.05) is 10.8 Å². The van der Waals surface area contributed by atoms with Crippen molar-refractivity contribution >= 4 is 97.3 Å². The van der Waals surface area contributed by atoms with Crippen molar-refractivity contribution in [1.29, 1.82) is 0 Å². The van der Waals surface area contributed by atoms with Crippen molar-refractivity contribution < 1.29 is 4.42 Å². The molecule has 1 aromatic heterocycles. The van der Waals surface area contributed by atoms with Crippen molar-refractivity contribution in [3.05, 3.63) is 206 Å². The molecule has 0 amide bonds. The minimum absolute atomic E-state index is 0.922. The number of fused-ring (bicyclic) bond motifs is 15. The summed E-state index contributed by atoms with van der Waals surface area (Å²) in [6.07, 6.45) is 0. The third-order valence-electron chi connectivity index (χ3n) is 12.8. The first-order valence-electron chi connectivity index (χ1n) is 20.4. The van der Waals surface area contributed by atoms with Crippen molar-refractivity contribution in [2.45, 2.75) is 0 Å². The van der Waals surface area contributed by atoms with Gasteiger partial charge >= 0.3 is 0 Å². The third-order valence-corrected chi connectivity index (χ3v) is 12.8. The number of hydrogen-bond donors (Lipinski definition) is 0. The summed E-state index contributed by atoms with van der Waals surface area (Å²) in [4.78, 5) is 0. The van der Waals surface area contributed by atoms with Gasteiger partial charge < -0.3 is 4.42 Å². The van der Waals surface area contributed by atoms with Crippen LogP contribution >= 0.6 is 0 Å². The normalized spacial score (nSPS) is 12.1. The lowest BCUT2D eigenvalue weighted by molar-refractivity contribution is 0.670. The summed E-state index contributed by atoms with van der Waals surface area (Å²) in [7, 11) is 0. The van der Waals surface area contributed by atoms with Crippen molar-refractivity contribution in [3.8, 4) is 33.4 Å². The summed E-state index contributed by atoms with van der Waals surface area (Å²) in [5.74, 6) is 0. The number of hydrogen-bond acceptors (Lipinski definition) is 1. The van der Waals surface area contributed by atoms with Crippen molar-refractivity contribution in [2.24, 2.45) is 0 Å². The topological polar surface area (TPSA) is 13.1 Å². The molecule has 1 nitrogen and oxygen atoms in total. The molecule has 0 N–H and O–H groups in total. The fourth-order valence-electron chi connectivity index (χ4n) is 10.1. The van der Waals surface area contributed by atoms with Gasteiger partial charge in [-0.15, -0.1) is 0 Å². The van der Waals surface area contributed by atoms with Crippen LogP contribution in [0.4, 0.5) is 0 Å². The molecular formula is C58H34O. The van der Waals surface area contributed by atoms with Gasteiger partial charge in [0.1, 0.15) is 11.2 Å². The molecule has 0 radical (unpaired) electrons. The van der Waals surface area contributed by atoms with Crippen molar-refractivity contribution in [3.63, 3.8) is 0 Å². The van der Waals surface area contributed by atoms with Gasteiger partial charge in [0.25, 0.3) is 0 Å². The molecule has 0 unspecified atom stereocenters. The van der Waals surface area contributed by atoms with Crippen LogP contribution in [0.2, 0.25) is 0 Å². The molecule has 0 aliphatic carbocycles. The molecule has 13 rings (SSSR count). The second-order valence-corrected chi connectivity index (χ2v) is 15.9. The van der Waals surface area contributed by atoms with Gasteiger partial charge in [-0.25, -0.2) is 0 Å². The highest BCUT2D eigenvalue weighted by Gasteiger charge is 2.17. The van der Waals surface area contributed by atoms with Crippen molar-refractivity contribution in [1.82, 2.24) is 0 Å². The largest absolute Gasteiger partial charge is 0.456 e. The Bertz CT molecular complexity index is 3890. The lowest BCUT2D eigenvalue weighted by atomic mass is 9.88. The highest BCUT2D eigenvalue weighted by molar-refractivity contribution is 6.30. The van der Waals surface area contributed by atoms with E-state index in [0.29, 0.717) is 0 Å². The van der Waals surface area contributed by atoms with Crippen LogP contribution in [-0.4, -0.2) is 0 Å². The zero-order valence-corrected chi connectivity index (χ0v) is 32.0. The Labute approximate surface area is 340 Å². The predicted molar refractivity (Wildman–Crippen MR) is 253 cm³/mol. The van der Waals surface area contributed by atoms with Gasteiger partial charge in [0.2, 0.25) is 0 Å². The maximum Gasteiger partial charge on any atom is 0.136 e. The molecule has 0 saturated carbocycles. The van der Waals surface area contributed by atoms with E-state index in [0.717, 1.165) is 16.6 Å². The molecule has 0 spiro atoms. The van der Waals surface area contributed by atoms with Crippen LogP contribution in [0.1, 0.15) is 0 Å². The fourth-order valence-corrected chi connectivity index (χ4v) is 10.1. The summed E-state index contributed by atoms with van der Waals surface area (Å²) in [6.45, 7) is 0. The summed E-state index contributed by atoms with van der Waals surface area (Å²) in [5, 5.41) is 19.9. The third kappa shape index (κ3) is 4.79. The monoisotopic (exact) mass is 746 g/mol. The molecule has 272 valence electrons. The van der Waals surface area contributed by atoms with Crippen LogP contribution in [0, 0.1) is 0 Å². The Morgan fingerprint density at radius 1 is 0.220 bits per heavy atom. The number of furan rings is 1. The molecule has 0 bridgehead atoms. The zero-order valence-electron chi connectivity index (χ0n) is 32.0. The Morgan fingerprint density at radius 2 is 0.729 bits per heavy atom. The van der Waals surface area contributed by atoms with Crippen LogP contribution in [0.25, 0.3) is 131 Å². The lowest BCUT2D eigenvalue weighted by Crippen LogP contribution is -1.89. The van der Waals surface area contributed by atoms with E-state index >= 15 is 0 Å². The lowest BCUT2D eigenvalue weighted by Gasteiger charge is -2.16. The number of benzene rings is 12. The summed E-state index contributed by atoms with van der Waals surface area (Å²) in [6, 6.07) is 75.8. The van der Waals surface area contributed by atoms with Gasteiger partial charge in [-0.3, -0.25) is 0 Å². The SMILES string of the molecule is c1ccc2c(c1)cc(-c1ccc(-c3ccc(-c4ccc5c(c4)c4ccccc4c4cc6c(cc54)oc4ccc5ccccc5c46)cc3)c3ccccc13)c1ccccc12. The van der Waals surface area contributed by atoms with Crippen LogP contribution in [-0.2, 0) is 0 Å². The molecule has 12 aromatic carbocycles. The van der Waals surface area contributed by atoms with Crippen molar-refractivity contribution in [2.75, 3.05) is 0 Å². The molecule has 0 aliphatic rings. The molecule has 1 heterocycles. The quantitative estimate of drug-likeness (QED) is 0.164. The van der Waals surface area contributed by atoms with E-state index in [2.05, 4.69) is 206 Å². The molecular weight excluding hydrogens is 713 g/mol. The number of rotatable bonds is 3. The van der Waals surface area contributed by atoms with Gasteiger partial charge in [0.05, 0.1) is 0 Å². The van der Waals surface area contributed by atoms with Crippen LogP contribution in [0.15, 0.2) is 211 Å². The fraction of sp³-hybridized carbons (Fsp3) is 0. The first-order valence-corrected chi connectivity index (χ1v) is 20.4. The van der Waals surface area contributed by atoms with E-state index in [1.54, 1.807) is 0 Å². The standard InChI is InChI=1S/C58H34O/c1-4-14-42-36(11-1)26-30-56-58(42)55-33-53-48-20-10-9-19-47(48)51-31-38(25-27-50(51)54(53)34-57(55)59-56)35-21-23-37(24-22-35)41-28-29-49(45-17-7-5-16-44(41)45)52-32-39-12-2-3-13-40(39)43-15-6-8-18-46(43)52/h1-34H. The summed E-state index contributed by atoms with van der Waals surface area (Å²) in [5.41, 5.74) is 9.22. The van der Waals surface area contributed by atoms with E-state index in [-0.39, 0.29) is 0 Å². The summed E-state index contributed by atoms with van der Waals surface area (Å²) >= 11 is 0. The molecule has 0 aliphatic heterocycles. The highest BCUT2D eigenvalue weighted by atomic mass is 16.3. The van der Waals surface area contributed by atoms with Crippen LogP contribution in [0.5, 0.6) is 0 Å². The Balaban J connectivity index is 0.932. The summed E-state index contributed by atoms with van der Waals surface area (Å²) < 4.78 is 6.56. The van der Waals surface area contributed by atoms with Gasteiger partial charge in [0.15, 0.2) is 0 Å². The molecule has 0 saturated heterocycles. The molecule has 0 fully saturated rings. The minimum Gasteiger partial charge on any atom is -0.456 e. The first-order chi connectivity index (χ1) is 29.2. The Hall–Kier alpha value is -7.74. The van der Waals surface area contributed by atoms with Gasteiger partial charge in [-0.1, -0.05) is 176 Å². The average Bonchev–Trinajstić information content (AvgIpc) is 3.68. The molecule has 59 heavy (non-hydrogen) atoms. The van der Waals surface area contributed by atoms with Crippen LogP contribution in [0.3, 0.4) is 0 Å². The minimum atomic E-state index is 0.922. The maximum absolute atomic E-state index is 6.56. The van der Waals surface area contributed by atoms with Gasteiger partial charge in [-0.2, -0.15) is 0 Å². The predicted octanol–water partition coefficient (Wildman–Crippen LogP) is 16.7. The van der Waals surface area contributed by atoms with E-state index in [9.17, 15) is 0 Å². The van der Waals surface area contributed by atoms with E-state index < -0.39 is 0 Å². The molecule has 1 heteroatoms. The molecule has 0 atom stereocenters. The second-order valence-electron chi connectivity index (χ2n) is 15.9. The smallest absolute Gasteiger partial charge is 0.136 e. The van der Waals surface area contributed by atoms with Crippen LogP contribution < -0.4 is 0 Å². The molecule has 13 aromatic rings. The van der Waals surface area contributed by atoms with E-state index in [4.69, 9.17) is 4.42 Å². The Morgan fingerprint density at radius 3 is 1.47 bits per heavy atom. The first kappa shape index (κ1) is 32.4. The second kappa shape index (κ2) is 12.4. The average molecular weight is 747 g/mol. The van der Waals surface area contributed by atoms with E-state index in [1.165, 1.54) is 114 Å². The zero-order chi connectivity index (χ0) is 38.6. The van der Waals surface area contributed by atoms with E-state index in [1.807, 2.05) is 0 Å².